The van der Waals surface area contributed by atoms with E-state index in [1.54, 1.807) is 54.6 Å². The molecule has 1 fully saturated rings. The molecule has 138 valence electrons. The molecule has 1 aliphatic rings. The molecule has 0 aliphatic carbocycles. The van der Waals surface area contributed by atoms with Gasteiger partial charge in [0.05, 0.1) is 5.56 Å². The molecule has 1 aliphatic heterocycles. The summed E-state index contributed by atoms with van der Waals surface area (Å²) in [5.74, 6) is -1.35. The average molecular weight is 367 g/mol. The average Bonchev–Trinajstić information content (AvgIpc) is 3.00. The first-order valence-corrected chi connectivity index (χ1v) is 8.17. The summed E-state index contributed by atoms with van der Waals surface area (Å²) in [6.07, 6.45) is 0. The normalized spacial score (nSPS) is 13.7. The zero-order valence-corrected chi connectivity index (χ0v) is 14.5. The number of nitrogens with zero attached hydrogens (tertiary/aromatic N) is 2. The second-order valence-corrected chi connectivity index (χ2v) is 5.74. The molecule has 0 unspecified atom stereocenters. The molecule has 1 saturated heterocycles. The number of anilines is 1. The molecule has 0 radical (unpaired) electrons. The van der Waals surface area contributed by atoms with Gasteiger partial charge in [-0.1, -0.05) is 18.2 Å². The van der Waals surface area contributed by atoms with Crippen molar-refractivity contribution in [2.45, 2.75) is 0 Å². The maximum atomic E-state index is 12.5. The van der Waals surface area contributed by atoms with E-state index in [-0.39, 0.29) is 12.5 Å². The summed E-state index contributed by atoms with van der Waals surface area (Å²) in [6, 6.07) is 14.0. The monoisotopic (exact) mass is 367 g/mol. The standard InChI is InChI=1S/C19H17N3O5/c1-20-17(24)13-7-9-15(10-8-13)21-11-16(23)22(19(21)26)12-27-18(25)14-5-3-2-4-6-14/h2-10H,11-12H2,1H3,(H,20,24). The van der Waals surface area contributed by atoms with E-state index in [9.17, 15) is 19.2 Å². The van der Waals surface area contributed by atoms with Crippen LogP contribution in [0.1, 0.15) is 20.7 Å². The Hall–Kier alpha value is -3.68. The molecule has 3 rings (SSSR count). The molecule has 0 spiro atoms. The fourth-order valence-electron chi connectivity index (χ4n) is 2.59. The van der Waals surface area contributed by atoms with Crippen LogP contribution >= 0.6 is 0 Å². The van der Waals surface area contributed by atoms with Crippen LogP contribution in [0.15, 0.2) is 54.6 Å². The third kappa shape index (κ3) is 3.79. The third-order valence-electron chi connectivity index (χ3n) is 4.06. The highest BCUT2D eigenvalue weighted by atomic mass is 16.5. The number of nitrogens with one attached hydrogen (secondary N) is 1. The van der Waals surface area contributed by atoms with Gasteiger partial charge < -0.3 is 10.1 Å². The molecular weight excluding hydrogens is 350 g/mol. The molecule has 0 saturated carbocycles. The van der Waals surface area contributed by atoms with Gasteiger partial charge in [-0.25, -0.2) is 14.5 Å². The molecule has 0 atom stereocenters. The summed E-state index contributed by atoms with van der Waals surface area (Å²) < 4.78 is 5.07. The van der Waals surface area contributed by atoms with Crippen molar-refractivity contribution >= 4 is 29.5 Å². The largest absolute Gasteiger partial charge is 0.440 e. The first-order chi connectivity index (χ1) is 13.0. The summed E-state index contributed by atoms with van der Waals surface area (Å²) in [4.78, 5) is 50.3. The number of carbonyl (C=O) groups excluding carboxylic acids is 4. The van der Waals surface area contributed by atoms with E-state index in [0.29, 0.717) is 16.8 Å². The Kier molecular flexibility index (Phi) is 5.16. The second-order valence-electron chi connectivity index (χ2n) is 5.74. The van der Waals surface area contributed by atoms with E-state index in [1.165, 1.54) is 11.9 Å². The van der Waals surface area contributed by atoms with Crippen molar-refractivity contribution in [3.05, 3.63) is 65.7 Å². The fraction of sp³-hybridized carbons (Fsp3) is 0.158. The first-order valence-electron chi connectivity index (χ1n) is 8.17. The van der Waals surface area contributed by atoms with Crippen LogP contribution in [0.4, 0.5) is 10.5 Å². The van der Waals surface area contributed by atoms with Gasteiger partial charge in [0.25, 0.3) is 11.8 Å². The number of imide groups is 1. The number of benzene rings is 2. The molecule has 2 aromatic rings. The minimum Gasteiger partial charge on any atom is -0.440 e. The van der Waals surface area contributed by atoms with Gasteiger partial charge in [-0.2, -0.15) is 0 Å². The van der Waals surface area contributed by atoms with Gasteiger partial charge in [0.2, 0.25) is 0 Å². The minimum atomic E-state index is -0.621. The molecule has 1 heterocycles. The lowest BCUT2D eigenvalue weighted by Crippen LogP contribution is -2.35. The zero-order valence-electron chi connectivity index (χ0n) is 14.5. The first kappa shape index (κ1) is 18.1. The quantitative estimate of drug-likeness (QED) is 0.640. The molecule has 27 heavy (non-hydrogen) atoms. The van der Waals surface area contributed by atoms with Crippen LogP contribution in [0, 0.1) is 0 Å². The predicted molar refractivity (Wildman–Crippen MR) is 96.1 cm³/mol. The van der Waals surface area contributed by atoms with Gasteiger partial charge in [0.15, 0.2) is 6.73 Å². The van der Waals surface area contributed by atoms with Gasteiger partial charge in [0, 0.05) is 18.3 Å². The molecule has 1 N–H and O–H groups in total. The topological polar surface area (TPSA) is 96.0 Å². The summed E-state index contributed by atoms with van der Waals surface area (Å²) >= 11 is 0. The van der Waals surface area contributed by atoms with Crippen LogP contribution in [-0.2, 0) is 9.53 Å². The number of carbonyl (C=O) groups is 4. The Morgan fingerprint density at radius 3 is 2.30 bits per heavy atom. The summed E-state index contributed by atoms with van der Waals surface area (Å²) in [6.45, 7) is -0.626. The van der Waals surface area contributed by atoms with E-state index in [0.717, 1.165) is 4.90 Å². The van der Waals surface area contributed by atoms with E-state index < -0.39 is 24.6 Å². The fourth-order valence-corrected chi connectivity index (χ4v) is 2.59. The van der Waals surface area contributed by atoms with Crippen LogP contribution in [0.5, 0.6) is 0 Å². The van der Waals surface area contributed by atoms with Crippen molar-refractivity contribution in [2.24, 2.45) is 0 Å². The van der Waals surface area contributed by atoms with Crippen molar-refractivity contribution in [1.29, 1.82) is 0 Å². The van der Waals surface area contributed by atoms with Crippen molar-refractivity contribution in [3.63, 3.8) is 0 Å². The molecule has 0 bridgehead atoms. The number of rotatable bonds is 5. The highest BCUT2D eigenvalue weighted by molar-refractivity contribution is 6.12. The maximum Gasteiger partial charge on any atom is 0.339 e. The number of urea groups is 1. The maximum absolute atomic E-state index is 12.5. The molecule has 8 heteroatoms. The van der Waals surface area contributed by atoms with Gasteiger partial charge in [0.1, 0.15) is 6.54 Å². The van der Waals surface area contributed by atoms with E-state index >= 15 is 0 Å². The Morgan fingerprint density at radius 1 is 1.00 bits per heavy atom. The van der Waals surface area contributed by atoms with E-state index in [4.69, 9.17) is 4.74 Å². The Bertz CT molecular complexity index is 880. The van der Waals surface area contributed by atoms with Crippen molar-refractivity contribution < 1.29 is 23.9 Å². The molecule has 8 nitrogen and oxygen atoms in total. The summed E-state index contributed by atoms with van der Waals surface area (Å²) in [5.41, 5.74) is 1.24. The molecule has 2 aromatic carbocycles. The van der Waals surface area contributed by atoms with Gasteiger partial charge in [-0.15, -0.1) is 0 Å². The lowest BCUT2D eigenvalue weighted by Gasteiger charge is -2.17. The van der Waals surface area contributed by atoms with E-state index in [1.807, 2.05) is 0 Å². The zero-order chi connectivity index (χ0) is 19.4. The highest BCUT2D eigenvalue weighted by Crippen LogP contribution is 2.21. The molecule has 0 aromatic heterocycles. The second kappa shape index (κ2) is 7.69. The van der Waals surface area contributed by atoms with Crippen LogP contribution in [-0.4, -0.2) is 49.0 Å². The minimum absolute atomic E-state index is 0.166. The van der Waals surface area contributed by atoms with Crippen molar-refractivity contribution in [1.82, 2.24) is 10.2 Å². The smallest absolute Gasteiger partial charge is 0.339 e. The number of ether oxygens (including phenoxy) is 1. The summed E-state index contributed by atoms with van der Waals surface area (Å²) in [7, 11) is 1.52. The number of amides is 4. The highest BCUT2D eigenvalue weighted by Gasteiger charge is 2.37. The Labute approximate surface area is 155 Å². The van der Waals surface area contributed by atoms with E-state index in [2.05, 4.69) is 5.32 Å². The number of hydrogen-bond acceptors (Lipinski definition) is 5. The number of hydrogen-bond donors (Lipinski definition) is 1. The molecule has 4 amide bonds. The van der Waals surface area contributed by atoms with Crippen LogP contribution < -0.4 is 10.2 Å². The van der Waals surface area contributed by atoms with Crippen molar-refractivity contribution in [2.75, 3.05) is 25.2 Å². The summed E-state index contributed by atoms with van der Waals surface area (Å²) in [5, 5.41) is 2.50. The van der Waals surface area contributed by atoms with Crippen LogP contribution in [0.3, 0.4) is 0 Å². The Balaban J connectivity index is 1.66. The lowest BCUT2D eigenvalue weighted by atomic mass is 10.2. The Morgan fingerprint density at radius 2 is 1.67 bits per heavy atom. The molecular formula is C19H17N3O5. The lowest BCUT2D eigenvalue weighted by molar-refractivity contribution is -0.127. The predicted octanol–water partition coefficient (Wildman–Crippen LogP) is 1.63. The third-order valence-corrected chi connectivity index (χ3v) is 4.06. The number of esters is 1. The van der Waals surface area contributed by atoms with Crippen molar-refractivity contribution in [3.8, 4) is 0 Å². The van der Waals surface area contributed by atoms with Gasteiger partial charge in [-0.3, -0.25) is 14.5 Å². The van der Waals surface area contributed by atoms with Crippen LogP contribution in [0.2, 0.25) is 0 Å². The van der Waals surface area contributed by atoms with Gasteiger partial charge >= 0.3 is 12.0 Å². The SMILES string of the molecule is CNC(=O)c1ccc(N2CC(=O)N(COC(=O)c3ccccc3)C2=O)cc1. The van der Waals surface area contributed by atoms with Gasteiger partial charge in [-0.05, 0) is 36.4 Å². The van der Waals surface area contributed by atoms with Crippen LogP contribution in [0.25, 0.3) is 0 Å².